The molecule has 0 radical (unpaired) electrons. The van der Waals surface area contributed by atoms with Gasteiger partial charge in [-0.1, -0.05) is 48.0 Å². The lowest BCUT2D eigenvalue weighted by Crippen LogP contribution is -2.52. The van der Waals surface area contributed by atoms with Gasteiger partial charge in [-0.25, -0.2) is 0 Å². The van der Waals surface area contributed by atoms with E-state index in [9.17, 15) is 5.11 Å². The average Bonchev–Trinajstić information content (AvgIpc) is 2.90. The lowest BCUT2D eigenvalue weighted by atomic mass is 9.70. The molecule has 2 fully saturated rings. The molecule has 192 valence electrons. The van der Waals surface area contributed by atoms with Crippen molar-refractivity contribution < 1.29 is 14.6 Å². The topological polar surface area (TPSA) is 45.2 Å². The van der Waals surface area contributed by atoms with Gasteiger partial charge in [0, 0.05) is 38.6 Å². The lowest BCUT2D eigenvalue weighted by Gasteiger charge is -2.46. The molecule has 3 aromatic rings. The number of aliphatic hydroxyl groups is 1. The van der Waals surface area contributed by atoms with E-state index in [-0.39, 0.29) is 12.0 Å². The second-order valence-electron chi connectivity index (χ2n) is 10.8. The van der Waals surface area contributed by atoms with Gasteiger partial charge in [0.1, 0.15) is 5.75 Å². The first kappa shape index (κ1) is 25.2. The third-order valence-electron chi connectivity index (χ3n) is 8.30. The molecule has 5 nitrogen and oxygen atoms in total. The number of aryl methyl sites for hydroxylation is 1. The van der Waals surface area contributed by atoms with Crippen LogP contribution < -0.4 is 4.74 Å². The summed E-state index contributed by atoms with van der Waals surface area (Å²) in [5.74, 6) is 0.974. The molecule has 1 N–H and O–H groups in total. The number of hydrogen-bond acceptors (Lipinski definition) is 5. The van der Waals surface area contributed by atoms with E-state index < -0.39 is 5.60 Å². The Morgan fingerprint density at radius 1 is 0.944 bits per heavy atom. The van der Waals surface area contributed by atoms with E-state index >= 15 is 0 Å². The van der Waals surface area contributed by atoms with Crippen molar-refractivity contribution in [2.45, 2.75) is 44.5 Å². The Morgan fingerprint density at radius 3 is 2.42 bits per heavy atom. The highest BCUT2D eigenvalue weighted by Crippen LogP contribution is 2.44. The Morgan fingerprint density at radius 2 is 1.67 bits per heavy atom. The monoisotopic (exact) mass is 488 g/mol. The minimum Gasteiger partial charge on any atom is -0.497 e. The van der Waals surface area contributed by atoms with Crippen LogP contribution in [0.2, 0.25) is 0 Å². The molecule has 1 aliphatic carbocycles. The summed E-state index contributed by atoms with van der Waals surface area (Å²) in [6.45, 7) is 7.90. The van der Waals surface area contributed by atoms with Gasteiger partial charge in [-0.3, -0.25) is 0 Å². The number of ether oxygens (including phenoxy) is 2. The summed E-state index contributed by atoms with van der Waals surface area (Å²) >= 11 is 0. The van der Waals surface area contributed by atoms with Gasteiger partial charge < -0.3 is 24.4 Å². The molecule has 1 heterocycles. The summed E-state index contributed by atoms with van der Waals surface area (Å²) in [6.07, 6.45) is 2.61. The van der Waals surface area contributed by atoms with Crippen LogP contribution in [-0.4, -0.2) is 67.9 Å². The van der Waals surface area contributed by atoms with Crippen LogP contribution in [0.25, 0.3) is 10.8 Å². The zero-order valence-electron chi connectivity index (χ0n) is 22.0. The van der Waals surface area contributed by atoms with Crippen LogP contribution in [0.3, 0.4) is 0 Å². The Balaban J connectivity index is 1.36. The molecule has 0 amide bonds. The Kier molecular flexibility index (Phi) is 7.63. The Labute approximate surface area is 215 Å². The highest BCUT2D eigenvalue weighted by atomic mass is 16.5. The molecule has 2 aliphatic rings. The van der Waals surface area contributed by atoms with E-state index in [0.29, 0.717) is 13.0 Å². The molecule has 36 heavy (non-hydrogen) atoms. The molecule has 5 rings (SSSR count). The molecular formula is C31H40N2O3. The van der Waals surface area contributed by atoms with Crippen molar-refractivity contribution >= 4 is 10.8 Å². The van der Waals surface area contributed by atoms with E-state index in [4.69, 9.17) is 9.47 Å². The number of benzene rings is 3. The molecule has 0 bridgehead atoms. The van der Waals surface area contributed by atoms with Crippen LogP contribution >= 0.6 is 0 Å². The first-order chi connectivity index (χ1) is 17.4. The van der Waals surface area contributed by atoms with Crippen molar-refractivity contribution in [2.75, 3.05) is 46.9 Å². The normalized spacial score (nSPS) is 25.8. The summed E-state index contributed by atoms with van der Waals surface area (Å²) < 4.78 is 11.8. The van der Waals surface area contributed by atoms with Crippen molar-refractivity contribution in [2.24, 2.45) is 5.92 Å². The fourth-order valence-electron chi connectivity index (χ4n) is 5.83. The molecule has 5 heteroatoms. The van der Waals surface area contributed by atoms with E-state index in [1.54, 1.807) is 7.11 Å². The number of likely N-dealkylation sites (N-methyl/N-ethyl adjacent to an activating group) is 1. The lowest BCUT2D eigenvalue weighted by molar-refractivity contribution is -0.114. The smallest absolute Gasteiger partial charge is 0.119 e. The van der Waals surface area contributed by atoms with E-state index in [1.807, 2.05) is 6.07 Å². The molecule has 0 spiro atoms. The van der Waals surface area contributed by atoms with E-state index in [2.05, 4.69) is 78.4 Å². The SMILES string of the molecule is COc1ccc2cc(C3(O)CCC(OCc4ccc(C)cc4)CC3CN3CCN(C)CC3)ccc2c1. The maximum absolute atomic E-state index is 12.3. The summed E-state index contributed by atoms with van der Waals surface area (Å²) in [5.41, 5.74) is 2.64. The van der Waals surface area contributed by atoms with E-state index in [1.165, 1.54) is 11.1 Å². The van der Waals surface area contributed by atoms with Crippen molar-refractivity contribution in [3.8, 4) is 5.75 Å². The largest absolute Gasteiger partial charge is 0.497 e. The van der Waals surface area contributed by atoms with Crippen LogP contribution in [0, 0.1) is 12.8 Å². The molecule has 1 saturated carbocycles. The van der Waals surface area contributed by atoms with Crippen LogP contribution in [0.15, 0.2) is 60.7 Å². The number of rotatable bonds is 7. The van der Waals surface area contributed by atoms with Crippen LogP contribution in [-0.2, 0) is 16.9 Å². The zero-order valence-corrected chi connectivity index (χ0v) is 22.0. The Bertz CT molecular complexity index is 1160. The first-order valence-corrected chi connectivity index (χ1v) is 13.3. The van der Waals surface area contributed by atoms with E-state index in [0.717, 1.165) is 67.7 Å². The minimum atomic E-state index is -0.860. The van der Waals surface area contributed by atoms with Gasteiger partial charge in [0.05, 0.1) is 25.4 Å². The second-order valence-corrected chi connectivity index (χ2v) is 10.8. The van der Waals surface area contributed by atoms with Gasteiger partial charge in [-0.2, -0.15) is 0 Å². The van der Waals surface area contributed by atoms with Crippen molar-refractivity contribution in [1.29, 1.82) is 0 Å². The fraction of sp³-hybridized carbons (Fsp3) is 0.484. The molecule has 3 atom stereocenters. The molecule has 3 unspecified atom stereocenters. The highest BCUT2D eigenvalue weighted by molar-refractivity contribution is 5.84. The van der Waals surface area contributed by atoms with Crippen LogP contribution in [0.1, 0.15) is 36.0 Å². The summed E-state index contributed by atoms with van der Waals surface area (Å²) in [6, 6.07) is 21.2. The molecule has 0 aromatic heterocycles. The molecule has 1 saturated heterocycles. The number of hydrogen-bond donors (Lipinski definition) is 1. The molecule has 3 aromatic carbocycles. The van der Waals surface area contributed by atoms with Gasteiger partial charge in [0.15, 0.2) is 0 Å². The van der Waals surface area contributed by atoms with Gasteiger partial charge in [-0.05, 0) is 73.3 Å². The molecular weight excluding hydrogens is 448 g/mol. The number of nitrogens with zero attached hydrogens (tertiary/aromatic N) is 2. The van der Waals surface area contributed by atoms with Gasteiger partial charge in [0.25, 0.3) is 0 Å². The summed E-state index contributed by atoms with van der Waals surface area (Å²) in [4.78, 5) is 4.92. The predicted molar refractivity (Wildman–Crippen MR) is 145 cm³/mol. The maximum atomic E-state index is 12.3. The Hall–Kier alpha value is -2.44. The minimum absolute atomic E-state index is 0.119. The van der Waals surface area contributed by atoms with Crippen molar-refractivity contribution in [3.63, 3.8) is 0 Å². The predicted octanol–water partition coefficient (Wildman–Crippen LogP) is 4.98. The van der Waals surface area contributed by atoms with Gasteiger partial charge in [0.2, 0.25) is 0 Å². The number of methoxy groups -OCH3 is 1. The quantitative estimate of drug-likeness (QED) is 0.508. The highest BCUT2D eigenvalue weighted by Gasteiger charge is 2.44. The van der Waals surface area contributed by atoms with Crippen LogP contribution in [0.5, 0.6) is 5.75 Å². The number of fused-ring (bicyclic) bond motifs is 1. The summed E-state index contributed by atoms with van der Waals surface area (Å²) in [5, 5.41) is 14.5. The van der Waals surface area contributed by atoms with Gasteiger partial charge >= 0.3 is 0 Å². The van der Waals surface area contributed by atoms with Crippen molar-refractivity contribution in [1.82, 2.24) is 9.80 Å². The fourth-order valence-corrected chi connectivity index (χ4v) is 5.83. The third-order valence-corrected chi connectivity index (χ3v) is 8.30. The zero-order chi connectivity index (χ0) is 25.1. The average molecular weight is 489 g/mol. The summed E-state index contributed by atoms with van der Waals surface area (Å²) in [7, 11) is 3.88. The second kappa shape index (κ2) is 10.9. The van der Waals surface area contributed by atoms with Crippen molar-refractivity contribution in [3.05, 3.63) is 77.4 Å². The van der Waals surface area contributed by atoms with Crippen LogP contribution in [0.4, 0.5) is 0 Å². The standard InChI is InChI=1S/C31H40N2O3/c1-23-4-6-24(7-5-23)22-36-30-12-13-31(34,28(20-30)21-33-16-14-32(2)15-17-33)27-10-8-26-19-29(35-3)11-9-25(26)18-27/h4-11,18-19,28,30,34H,12-17,20-22H2,1-3H3. The first-order valence-electron chi connectivity index (χ1n) is 13.3. The van der Waals surface area contributed by atoms with Gasteiger partial charge in [-0.15, -0.1) is 0 Å². The molecule has 1 aliphatic heterocycles. The number of piperazine rings is 1. The third kappa shape index (κ3) is 5.60. The maximum Gasteiger partial charge on any atom is 0.119 e.